The highest BCUT2D eigenvalue weighted by atomic mass is 19.1. The smallest absolute Gasteiger partial charge is 0.269 e. The fraction of sp³-hybridized carbons (Fsp3) is 0.286. The molecule has 11 heteroatoms. The number of aromatic amines is 1. The van der Waals surface area contributed by atoms with Gasteiger partial charge in [-0.05, 0) is 31.7 Å². The Morgan fingerprint density at radius 1 is 1.09 bits per heavy atom. The lowest BCUT2D eigenvalue weighted by molar-refractivity contribution is 0.0922. The lowest BCUT2D eigenvalue weighted by Crippen LogP contribution is -2.42. The van der Waals surface area contributed by atoms with Crippen molar-refractivity contribution < 1.29 is 18.0 Å². The van der Waals surface area contributed by atoms with Crippen LogP contribution in [0.1, 0.15) is 47.6 Å². The van der Waals surface area contributed by atoms with Crippen molar-refractivity contribution in [2.75, 3.05) is 5.32 Å². The Morgan fingerprint density at radius 3 is 2.75 bits per heavy atom. The third kappa shape index (κ3) is 3.81. The maximum absolute atomic E-state index is 14.4. The van der Waals surface area contributed by atoms with Crippen LogP contribution in [0.3, 0.4) is 0 Å². The van der Waals surface area contributed by atoms with Crippen LogP contribution in [0.15, 0.2) is 35.8 Å². The molecule has 1 saturated carbocycles. The highest BCUT2D eigenvalue weighted by Crippen LogP contribution is 2.35. The molecule has 8 nitrogen and oxygen atoms in total. The van der Waals surface area contributed by atoms with E-state index in [1.165, 1.54) is 12.5 Å². The third-order valence-electron chi connectivity index (χ3n) is 5.56. The minimum absolute atomic E-state index is 0.0198. The molecule has 2 aliphatic rings. The van der Waals surface area contributed by atoms with Crippen molar-refractivity contribution in [1.82, 2.24) is 25.3 Å². The van der Waals surface area contributed by atoms with Gasteiger partial charge in [0.15, 0.2) is 23.3 Å². The van der Waals surface area contributed by atoms with E-state index < -0.39 is 17.5 Å². The van der Waals surface area contributed by atoms with E-state index in [0.29, 0.717) is 12.1 Å². The molecule has 1 fully saturated rings. The van der Waals surface area contributed by atoms with Crippen LogP contribution in [0.5, 0.6) is 0 Å². The molecular weight excluding hydrogens is 423 g/mol. The first-order valence-corrected chi connectivity index (χ1v) is 10.1. The minimum Gasteiger partial charge on any atom is -0.365 e. The first-order valence-electron chi connectivity index (χ1n) is 10.1. The summed E-state index contributed by atoms with van der Waals surface area (Å²) in [6, 6.07) is 1.69. The molecule has 32 heavy (non-hydrogen) atoms. The summed E-state index contributed by atoms with van der Waals surface area (Å²) in [7, 11) is 0. The van der Waals surface area contributed by atoms with Gasteiger partial charge >= 0.3 is 0 Å². The number of halogens is 3. The molecular formula is C21H18F3N7O. The number of carbonyl (C=O) groups excluding carboxylic acids is 1. The first-order chi connectivity index (χ1) is 15.5. The number of aliphatic imine (C=N–C) groups is 1. The van der Waals surface area contributed by atoms with E-state index in [2.05, 4.69) is 35.6 Å². The number of H-pyrrole nitrogens is 1. The summed E-state index contributed by atoms with van der Waals surface area (Å²) in [5.41, 5.74) is 0.863. The largest absolute Gasteiger partial charge is 0.365 e. The third-order valence-corrected chi connectivity index (χ3v) is 5.56. The van der Waals surface area contributed by atoms with Gasteiger partial charge in [-0.25, -0.2) is 33.1 Å². The molecule has 0 radical (unpaired) electrons. The number of anilines is 1. The molecule has 0 saturated heterocycles. The van der Waals surface area contributed by atoms with E-state index >= 15 is 0 Å². The van der Waals surface area contributed by atoms with Gasteiger partial charge in [-0.2, -0.15) is 0 Å². The standard InChI is InChI=1S/C21H18F3N7O/c22-10-4-13-17(14(23)5-10)30-18(13)20-26-7-15(24)19(31-20)28-11-2-1-3-12(6-11)29-21(32)16-8-25-9-27-16/h4-5,7-9,11-12H,1-3,6H2,(H,25,27)(H,29,32)(H,26,28,31)/t11?,12-/m1/s1. The topological polar surface area (TPSA) is 108 Å². The van der Waals surface area contributed by atoms with Gasteiger partial charge in [-0.3, -0.25) is 4.79 Å². The Hall–Kier alpha value is -3.76. The van der Waals surface area contributed by atoms with Crippen LogP contribution < -0.4 is 10.6 Å². The minimum atomic E-state index is -0.769. The summed E-state index contributed by atoms with van der Waals surface area (Å²) in [6.07, 6.45) is 6.88. The molecule has 0 bridgehead atoms. The zero-order valence-corrected chi connectivity index (χ0v) is 16.7. The van der Waals surface area contributed by atoms with E-state index in [9.17, 15) is 18.0 Å². The van der Waals surface area contributed by atoms with Crippen molar-refractivity contribution in [3.8, 4) is 0 Å². The van der Waals surface area contributed by atoms with Crippen molar-refractivity contribution in [2.45, 2.75) is 37.8 Å². The van der Waals surface area contributed by atoms with Gasteiger partial charge in [0, 0.05) is 23.7 Å². The number of amides is 1. The number of hydrogen-bond acceptors (Lipinski definition) is 6. The van der Waals surface area contributed by atoms with Crippen LogP contribution >= 0.6 is 0 Å². The van der Waals surface area contributed by atoms with Gasteiger partial charge in [-0.1, -0.05) is 0 Å². The molecule has 3 N–H and O–H groups in total. The summed E-state index contributed by atoms with van der Waals surface area (Å²) in [6.45, 7) is 0. The Bertz CT molecular complexity index is 1210. The average molecular weight is 441 g/mol. The summed E-state index contributed by atoms with van der Waals surface area (Å²) in [4.78, 5) is 31.0. The predicted molar refractivity (Wildman–Crippen MR) is 109 cm³/mol. The van der Waals surface area contributed by atoms with E-state index in [0.717, 1.165) is 37.6 Å². The van der Waals surface area contributed by atoms with Crippen LogP contribution in [0, 0.1) is 17.5 Å². The van der Waals surface area contributed by atoms with Crippen LogP contribution in [-0.4, -0.2) is 43.6 Å². The predicted octanol–water partition coefficient (Wildman–Crippen LogP) is 3.25. The maximum Gasteiger partial charge on any atom is 0.269 e. The molecule has 2 aromatic heterocycles. The van der Waals surface area contributed by atoms with Crippen LogP contribution in [-0.2, 0) is 0 Å². The molecule has 3 aromatic rings. The summed E-state index contributed by atoms with van der Waals surface area (Å²) >= 11 is 0. The lowest BCUT2D eigenvalue weighted by Gasteiger charge is -2.30. The van der Waals surface area contributed by atoms with E-state index in [1.54, 1.807) is 0 Å². The SMILES string of the molecule is O=C(N[C@@H]1CCCC(Nc2nc(C3=Nc4c(F)cc(F)cc43)ncc2F)C1)c1cnc[nH]1. The molecule has 5 rings (SSSR count). The fourth-order valence-electron chi connectivity index (χ4n) is 4.02. The van der Waals surface area contributed by atoms with Gasteiger partial charge in [-0.15, -0.1) is 0 Å². The van der Waals surface area contributed by atoms with Crippen LogP contribution in [0.4, 0.5) is 24.7 Å². The summed E-state index contributed by atoms with van der Waals surface area (Å²) in [5.74, 6) is -2.35. The van der Waals surface area contributed by atoms with Crippen LogP contribution in [0.25, 0.3) is 0 Å². The second kappa shape index (κ2) is 8.06. The van der Waals surface area contributed by atoms with Crippen LogP contribution in [0.2, 0.25) is 0 Å². The number of nitrogens with one attached hydrogen (secondary N) is 3. The molecule has 1 unspecified atom stereocenters. The molecule has 0 spiro atoms. The van der Waals surface area contributed by atoms with E-state index in [-0.39, 0.29) is 46.6 Å². The highest BCUT2D eigenvalue weighted by molar-refractivity contribution is 6.20. The molecule has 2 atom stereocenters. The highest BCUT2D eigenvalue weighted by Gasteiger charge is 2.29. The van der Waals surface area contributed by atoms with Crippen molar-refractivity contribution >= 4 is 23.1 Å². The van der Waals surface area contributed by atoms with E-state index in [1.807, 2.05) is 0 Å². The van der Waals surface area contributed by atoms with Crippen molar-refractivity contribution in [3.63, 3.8) is 0 Å². The van der Waals surface area contributed by atoms with Gasteiger partial charge in [0.1, 0.15) is 22.9 Å². The number of rotatable bonds is 5. The Labute approximate surface area is 180 Å². The number of fused-ring (bicyclic) bond motifs is 1. The summed E-state index contributed by atoms with van der Waals surface area (Å²) in [5, 5.41) is 6.03. The Kier molecular flexibility index (Phi) is 5.08. The number of nitrogens with zero attached hydrogens (tertiary/aromatic N) is 4. The van der Waals surface area contributed by atoms with Gasteiger partial charge < -0.3 is 15.6 Å². The zero-order valence-electron chi connectivity index (χ0n) is 16.7. The quantitative estimate of drug-likeness (QED) is 0.441. The first kappa shape index (κ1) is 20.2. The molecule has 3 heterocycles. The number of carbonyl (C=O) groups is 1. The molecule has 1 amide bonds. The molecule has 1 aromatic carbocycles. The second-order valence-electron chi connectivity index (χ2n) is 7.78. The molecule has 1 aliphatic carbocycles. The van der Waals surface area contributed by atoms with Gasteiger partial charge in [0.25, 0.3) is 5.91 Å². The maximum atomic E-state index is 14.4. The van der Waals surface area contributed by atoms with Crippen molar-refractivity contribution in [1.29, 1.82) is 0 Å². The number of imidazole rings is 1. The monoisotopic (exact) mass is 441 g/mol. The van der Waals surface area contributed by atoms with E-state index in [4.69, 9.17) is 0 Å². The molecule has 1 aliphatic heterocycles. The summed E-state index contributed by atoms with van der Waals surface area (Å²) < 4.78 is 41.7. The zero-order chi connectivity index (χ0) is 22.2. The number of hydrogen-bond donors (Lipinski definition) is 3. The lowest BCUT2D eigenvalue weighted by atomic mass is 9.91. The number of benzene rings is 1. The molecule has 164 valence electrons. The number of aromatic nitrogens is 4. The fourth-order valence-corrected chi connectivity index (χ4v) is 4.02. The van der Waals surface area contributed by atoms with Gasteiger partial charge in [0.2, 0.25) is 0 Å². The second-order valence-corrected chi connectivity index (χ2v) is 7.78. The Morgan fingerprint density at radius 2 is 1.94 bits per heavy atom. The van der Waals surface area contributed by atoms with Gasteiger partial charge in [0.05, 0.1) is 18.7 Å². The Balaban J connectivity index is 1.29. The van der Waals surface area contributed by atoms with Crippen molar-refractivity contribution in [3.05, 3.63) is 65.4 Å². The average Bonchev–Trinajstić information content (AvgIpc) is 3.28. The normalized spacial score (nSPS) is 19.5. The van der Waals surface area contributed by atoms with Crippen molar-refractivity contribution in [2.24, 2.45) is 4.99 Å².